The zero-order chi connectivity index (χ0) is 19.1. The van der Waals surface area contributed by atoms with Gasteiger partial charge < -0.3 is 34.8 Å². The Morgan fingerprint density at radius 1 is 1.15 bits per heavy atom. The van der Waals surface area contributed by atoms with E-state index in [1.165, 1.54) is 6.92 Å². The van der Waals surface area contributed by atoms with Crippen LogP contribution in [0, 0.1) is 0 Å². The highest BCUT2D eigenvalue weighted by Gasteiger charge is 2.45. The molecule has 26 heavy (non-hydrogen) atoms. The van der Waals surface area contributed by atoms with Crippen molar-refractivity contribution >= 4 is 11.9 Å². The lowest BCUT2D eigenvalue weighted by atomic mass is 9.97. The van der Waals surface area contributed by atoms with E-state index in [1.54, 1.807) is 30.3 Å². The Hall–Kier alpha value is -2.04. The molecule has 0 spiro atoms. The predicted octanol–water partition coefficient (Wildman–Crippen LogP) is -1.20. The molecule has 1 aromatic carbocycles. The lowest BCUT2D eigenvalue weighted by Gasteiger charge is -2.42. The Morgan fingerprint density at radius 2 is 1.85 bits per heavy atom. The maximum atomic E-state index is 11.8. The minimum absolute atomic E-state index is 0.0692. The molecule has 0 aliphatic carbocycles. The first-order chi connectivity index (χ1) is 12.4. The number of rotatable bonds is 7. The monoisotopic (exact) mass is 369 g/mol. The topological polar surface area (TPSA) is 135 Å². The molecule has 144 valence electrons. The van der Waals surface area contributed by atoms with Gasteiger partial charge in [-0.1, -0.05) is 18.2 Å². The maximum absolute atomic E-state index is 11.8. The van der Waals surface area contributed by atoms with E-state index >= 15 is 0 Å². The van der Waals surface area contributed by atoms with E-state index in [4.69, 9.17) is 14.2 Å². The van der Waals surface area contributed by atoms with Gasteiger partial charge in [0.2, 0.25) is 5.91 Å². The molecule has 5 atom stereocenters. The quantitative estimate of drug-likeness (QED) is 0.348. The SMILES string of the molecule is CC(=O)N[C@H]1[C@H](OCCOC(=O)c2ccccc2)O[C@H](CO)[C@@H](O)[C@@H]1O. The van der Waals surface area contributed by atoms with Gasteiger partial charge in [0.25, 0.3) is 0 Å². The van der Waals surface area contributed by atoms with E-state index in [-0.39, 0.29) is 13.2 Å². The van der Waals surface area contributed by atoms with Gasteiger partial charge >= 0.3 is 5.97 Å². The summed E-state index contributed by atoms with van der Waals surface area (Å²) in [6.45, 7) is 0.562. The zero-order valence-corrected chi connectivity index (χ0v) is 14.3. The van der Waals surface area contributed by atoms with E-state index in [0.29, 0.717) is 5.56 Å². The fraction of sp³-hybridized carbons (Fsp3) is 0.529. The molecule has 1 aliphatic rings. The number of hydrogen-bond donors (Lipinski definition) is 4. The number of nitrogens with one attached hydrogen (secondary N) is 1. The standard InChI is InChI=1S/C17H23NO8/c1-10(20)18-13-15(22)14(21)12(9-19)26-17(13)25-8-7-24-16(23)11-5-3-2-4-6-11/h2-6,12-15,17,19,21-22H,7-9H2,1H3,(H,18,20)/t12-,13-,14-,15-,17-/m1/s1. The maximum Gasteiger partial charge on any atom is 0.338 e. The number of carbonyl (C=O) groups is 2. The summed E-state index contributed by atoms with van der Waals surface area (Å²) in [6.07, 6.45) is -4.95. The first-order valence-electron chi connectivity index (χ1n) is 8.17. The summed E-state index contributed by atoms with van der Waals surface area (Å²) in [7, 11) is 0. The lowest BCUT2D eigenvalue weighted by Crippen LogP contribution is -2.64. The molecular weight excluding hydrogens is 346 g/mol. The third kappa shape index (κ3) is 5.23. The fourth-order valence-electron chi connectivity index (χ4n) is 2.57. The molecule has 0 bridgehead atoms. The molecule has 0 unspecified atom stereocenters. The first kappa shape index (κ1) is 20.3. The van der Waals surface area contributed by atoms with Gasteiger partial charge in [-0.3, -0.25) is 4.79 Å². The molecule has 1 saturated heterocycles. The Labute approximate surface area is 150 Å². The van der Waals surface area contributed by atoms with Crippen LogP contribution in [0.1, 0.15) is 17.3 Å². The van der Waals surface area contributed by atoms with Gasteiger partial charge in [0.05, 0.1) is 18.8 Å². The van der Waals surface area contributed by atoms with Crippen LogP contribution in [0.15, 0.2) is 30.3 Å². The second-order valence-corrected chi connectivity index (χ2v) is 5.81. The van der Waals surface area contributed by atoms with Crippen LogP contribution in [-0.2, 0) is 19.0 Å². The van der Waals surface area contributed by atoms with Crippen molar-refractivity contribution in [3.63, 3.8) is 0 Å². The molecule has 0 aromatic heterocycles. The third-order valence-electron chi connectivity index (χ3n) is 3.86. The van der Waals surface area contributed by atoms with Crippen molar-refractivity contribution in [1.82, 2.24) is 5.32 Å². The van der Waals surface area contributed by atoms with Crippen molar-refractivity contribution in [2.75, 3.05) is 19.8 Å². The summed E-state index contributed by atoms with van der Waals surface area (Å²) in [5.41, 5.74) is 0.399. The van der Waals surface area contributed by atoms with Gasteiger partial charge in [-0.05, 0) is 12.1 Å². The van der Waals surface area contributed by atoms with Crippen molar-refractivity contribution in [3.05, 3.63) is 35.9 Å². The summed E-state index contributed by atoms with van der Waals surface area (Å²) >= 11 is 0. The van der Waals surface area contributed by atoms with Crippen LogP contribution in [0.2, 0.25) is 0 Å². The molecule has 9 heteroatoms. The molecule has 4 N–H and O–H groups in total. The number of esters is 1. The van der Waals surface area contributed by atoms with Crippen molar-refractivity contribution in [2.24, 2.45) is 0 Å². The van der Waals surface area contributed by atoms with E-state index in [9.17, 15) is 24.9 Å². The normalized spacial score (nSPS) is 28.4. The molecule has 1 amide bonds. The molecule has 0 radical (unpaired) electrons. The number of hydrogen-bond acceptors (Lipinski definition) is 8. The van der Waals surface area contributed by atoms with Crippen LogP contribution in [0.4, 0.5) is 0 Å². The highest BCUT2D eigenvalue weighted by atomic mass is 16.7. The molecular formula is C17H23NO8. The van der Waals surface area contributed by atoms with E-state index in [2.05, 4.69) is 5.32 Å². The average molecular weight is 369 g/mol. The van der Waals surface area contributed by atoms with E-state index in [1.807, 2.05) is 0 Å². The largest absolute Gasteiger partial charge is 0.460 e. The summed E-state index contributed by atoms with van der Waals surface area (Å²) in [5, 5.41) is 31.7. The molecule has 2 rings (SSSR count). The van der Waals surface area contributed by atoms with Gasteiger partial charge in [0, 0.05) is 6.92 Å². The van der Waals surface area contributed by atoms with Crippen molar-refractivity contribution in [2.45, 2.75) is 37.6 Å². The number of aliphatic hydroxyl groups is 3. The second-order valence-electron chi connectivity index (χ2n) is 5.81. The summed E-state index contributed by atoms with van der Waals surface area (Å²) in [5.74, 6) is -0.961. The van der Waals surface area contributed by atoms with Crippen molar-refractivity contribution in [3.8, 4) is 0 Å². The number of aliphatic hydroxyl groups excluding tert-OH is 3. The molecule has 1 heterocycles. The van der Waals surface area contributed by atoms with Crippen LogP contribution >= 0.6 is 0 Å². The number of amides is 1. The van der Waals surface area contributed by atoms with Crippen LogP contribution in [-0.4, -0.2) is 77.7 Å². The zero-order valence-electron chi connectivity index (χ0n) is 14.3. The minimum Gasteiger partial charge on any atom is -0.460 e. The van der Waals surface area contributed by atoms with Crippen molar-refractivity contribution < 1.29 is 39.1 Å². The molecule has 1 fully saturated rings. The lowest BCUT2D eigenvalue weighted by molar-refractivity contribution is -0.271. The van der Waals surface area contributed by atoms with Gasteiger partial charge in [-0.15, -0.1) is 0 Å². The van der Waals surface area contributed by atoms with Crippen LogP contribution < -0.4 is 5.32 Å². The molecule has 0 saturated carbocycles. The second kappa shape index (κ2) is 9.60. The van der Waals surface area contributed by atoms with E-state index < -0.39 is 49.1 Å². The van der Waals surface area contributed by atoms with Gasteiger partial charge in [0.1, 0.15) is 31.0 Å². The Morgan fingerprint density at radius 3 is 2.46 bits per heavy atom. The molecule has 9 nitrogen and oxygen atoms in total. The third-order valence-corrected chi connectivity index (χ3v) is 3.86. The summed E-state index contributed by atoms with van der Waals surface area (Å²) in [6, 6.07) is 7.40. The number of ether oxygens (including phenoxy) is 3. The highest BCUT2D eigenvalue weighted by Crippen LogP contribution is 2.22. The molecule has 1 aliphatic heterocycles. The van der Waals surface area contributed by atoms with Gasteiger partial charge in [-0.25, -0.2) is 4.79 Å². The molecule has 1 aromatic rings. The van der Waals surface area contributed by atoms with Crippen LogP contribution in [0.5, 0.6) is 0 Å². The highest BCUT2D eigenvalue weighted by molar-refractivity contribution is 5.89. The fourth-order valence-corrected chi connectivity index (χ4v) is 2.57. The van der Waals surface area contributed by atoms with Crippen LogP contribution in [0.25, 0.3) is 0 Å². The Bertz CT molecular complexity index is 596. The summed E-state index contributed by atoms with van der Waals surface area (Å²) in [4.78, 5) is 23.1. The number of carbonyl (C=O) groups excluding carboxylic acids is 2. The Kier molecular flexibility index (Phi) is 7.49. The van der Waals surface area contributed by atoms with E-state index in [0.717, 1.165) is 0 Å². The number of benzene rings is 1. The van der Waals surface area contributed by atoms with Crippen LogP contribution in [0.3, 0.4) is 0 Å². The Balaban J connectivity index is 1.88. The van der Waals surface area contributed by atoms with Gasteiger partial charge in [0.15, 0.2) is 6.29 Å². The summed E-state index contributed by atoms with van der Waals surface area (Å²) < 4.78 is 15.9. The van der Waals surface area contributed by atoms with Crippen molar-refractivity contribution in [1.29, 1.82) is 0 Å². The van der Waals surface area contributed by atoms with Gasteiger partial charge in [-0.2, -0.15) is 0 Å². The predicted molar refractivity (Wildman–Crippen MR) is 88.0 cm³/mol. The minimum atomic E-state index is -1.39. The smallest absolute Gasteiger partial charge is 0.338 e. The average Bonchev–Trinajstić information content (AvgIpc) is 2.64. The first-order valence-corrected chi connectivity index (χ1v) is 8.17.